The number of nitrogens with one attached hydrogen (secondary N) is 1. The van der Waals surface area contributed by atoms with Crippen LogP contribution in [0.2, 0.25) is 0 Å². The first-order valence-corrected chi connectivity index (χ1v) is 4.64. The van der Waals surface area contributed by atoms with E-state index in [1.54, 1.807) is 12.1 Å². The van der Waals surface area contributed by atoms with Gasteiger partial charge in [0.25, 0.3) is 5.69 Å². The Balaban J connectivity index is 2.78. The normalized spacial score (nSPS) is 12.1. The summed E-state index contributed by atoms with van der Waals surface area (Å²) in [6.07, 6.45) is 0.989. The molecule has 1 aromatic rings. The molecule has 1 aromatic carbocycles. The fraction of sp³-hybridized carbons (Fsp3) is 0.400. The summed E-state index contributed by atoms with van der Waals surface area (Å²) in [6, 6.07) is 6.88. The maximum Gasteiger partial charge on any atom is 0.271 e. The van der Waals surface area contributed by atoms with Crippen molar-refractivity contribution in [2.24, 2.45) is 0 Å². The first-order chi connectivity index (χ1) is 6.63. The lowest BCUT2D eigenvalue weighted by molar-refractivity contribution is -0.384. The van der Waals surface area contributed by atoms with Crippen molar-refractivity contribution in [2.45, 2.75) is 26.3 Å². The standard InChI is InChI=1S/C10H14N2O2/c1-3-8(2)11-9-5-4-6-10(7-9)12(13)14/h4-8,11H,3H2,1-2H3. The van der Waals surface area contributed by atoms with Crippen LogP contribution in [0.1, 0.15) is 20.3 Å². The van der Waals surface area contributed by atoms with Gasteiger partial charge in [-0.3, -0.25) is 10.1 Å². The lowest BCUT2D eigenvalue weighted by atomic mass is 10.2. The highest BCUT2D eigenvalue weighted by atomic mass is 16.6. The van der Waals surface area contributed by atoms with Gasteiger partial charge in [-0.2, -0.15) is 0 Å². The summed E-state index contributed by atoms with van der Waals surface area (Å²) in [6.45, 7) is 4.11. The van der Waals surface area contributed by atoms with Crippen molar-refractivity contribution in [3.05, 3.63) is 34.4 Å². The van der Waals surface area contributed by atoms with Crippen LogP contribution in [-0.4, -0.2) is 11.0 Å². The van der Waals surface area contributed by atoms with Crippen LogP contribution in [0, 0.1) is 10.1 Å². The highest BCUT2D eigenvalue weighted by molar-refractivity contribution is 5.51. The molecular weight excluding hydrogens is 180 g/mol. The zero-order valence-electron chi connectivity index (χ0n) is 8.36. The van der Waals surface area contributed by atoms with Crippen LogP contribution < -0.4 is 5.32 Å². The number of nitro groups is 1. The zero-order valence-corrected chi connectivity index (χ0v) is 8.36. The van der Waals surface area contributed by atoms with E-state index in [2.05, 4.69) is 12.2 Å². The Morgan fingerprint density at radius 3 is 2.86 bits per heavy atom. The molecule has 0 heterocycles. The van der Waals surface area contributed by atoms with Crippen molar-refractivity contribution in [1.29, 1.82) is 0 Å². The van der Waals surface area contributed by atoms with Gasteiger partial charge < -0.3 is 5.32 Å². The Bertz CT molecular complexity index is 326. The second-order valence-electron chi connectivity index (χ2n) is 3.26. The number of hydrogen-bond donors (Lipinski definition) is 1. The van der Waals surface area contributed by atoms with Gasteiger partial charge in [0.05, 0.1) is 4.92 Å². The molecule has 1 rings (SSSR count). The second kappa shape index (κ2) is 4.60. The summed E-state index contributed by atoms with van der Waals surface area (Å²) in [4.78, 5) is 10.1. The van der Waals surface area contributed by atoms with Crippen molar-refractivity contribution < 1.29 is 4.92 Å². The van der Waals surface area contributed by atoms with E-state index in [9.17, 15) is 10.1 Å². The van der Waals surface area contributed by atoms with Gasteiger partial charge in [-0.15, -0.1) is 0 Å². The molecule has 0 bridgehead atoms. The number of nitrogens with zero attached hydrogens (tertiary/aromatic N) is 1. The molecule has 1 N–H and O–H groups in total. The van der Waals surface area contributed by atoms with Gasteiger partial charge in [0.15, 0.2) is 0 Å². The first kappa shape index (κ1) is 10.5. The van der Waals surface area contributed by atoms with Crippen LogP contribution in [0.25, 0.3) is 0 Å². The quantitative estimate of drug-likeness (QED) is 0.592. The van der Waals surface area contributed by atoms with Crippen LogP contribution in [0.3, 0.4) is 0 Å². The van der Waals surface area contributed by atoms with E-state index in [1.165, 1.54) is 6.07 Å². The van der Waals surface area contributed by atoms with Crippen molar-refractivity contribution in [2.75, 3.05) is 5.32 Å². The molecule has 76 valence electrons. The minimum Gasteiger partial charge on any atom is -0.382 e. The van der Waals surface area contributed by atoms with Crippen molar-refractivity contribution in [3.8, 4) is 0 Å². The van der Waals surface area contributed by atoms with Gasteiger partial charge in [0, 0.05) is 23.9 Å². The lowest BCUT2D eigenvalue weighted by Gasteiger charge is -2.12. The van der Waals surface area contributed by atoms with Gasteiger partial charge in [0.1, 0.15) is 0 Å². The fourth-order valence-electron chi connectivity index (χ4n) is 1.10. The maximum absolute atomic E-state index is 10.5. The molecule has 14 heavy (non-hydrogen) atoms. The molecule has 0 aromatic heterocycles. The topological polar surface area (TPSA) is 55.2 Å². The summed E-state index contributed by atoms with van der Waals surface area (Å²) in [7, 11) is 0. The largest absolute Gasteiger partial charge is 0.382 e. The number of non-ortho nitro benzene ring substituents is 1. The third kappa shape index (κ3) is 2.73. The summed E-state index contributed by atoms with van der Waals surface area (Å²) >= 11 is 0. The van der Waals surface area contributed by atoms with E-state index in [0.717, 1.165) is 12.1 Å². The summed E-state index contributed by atoms with van der Waals surface area (Å²) in [5, 5.41) is 13.7. The SMILES string of the molecule is CCC(C)Nc1cccc([N+](=O)[O-])c1. The molecule has 0 aliphatic rings. The molecular formula is C10H14N2O2. The van der Waals surface area contributed by atoms with E-state index in [1.807, 2.05) is 13.0 Å². The molecule has 0 amide bonds. The Labute approximate surface area is 83.1 Å². The first-order valence-electron chi connectivity index (χ1n) is 4.64. The number of rotatable bonds is 4. The Kier molecular flexibility index (Phi) is 3.45. The predicted octanol–water partition coefficient (Wildman–Crippen LogP) is 2.81. The van der Waals surface area contributed by atoms with E-state index < -0.39 is 0 Å². The fourth-order valence-corrected chi connectivity index (χ4v) is 1.10. The molecule has 1 atom stereocenters. The number of anilines is 1. The number of benzene rings is 1. The van der Waals surface area contributed by atoms with Crippen molar-refractivity contribution >= 4 is 11.4 Å². The molecule has 0 spiro atoms. The Hall–Kier alpha value is -1.58. The predicted molar refractivity (Wildman–Crippen MR) is 56.5 cm³/mol. The number of nitro benzene ring substituents is 1. The van der Waals surface area contributed by atoms with Crippen LogP contribution in [-0.2, 0) is 0 Å². The van der Waals surface area contributed by atoms with Crippen LogP contribution in [0.15, 0.2) is 24.3 Å². The number of hydrogen-bond acceptors (Lipinski definition) is 3. The van der Waals surface area contributed by atoms with Crippen LogP contribution >= 0.6 is 0 Å². The summed E-state index contributed by atoms with van der Waals surface area (Å²) < 4.78 is 0. The van der Waals surface area contributed by atoms with E-state index in [-0.39, 0.29) is 10.6 Å². The third-order valence-electron chi connectivity index (χ3n) is 2.08. The third-order valence-corrected chi connectivity index (χ3v) is 2.08. The highest BCUT2D eigenvalue weighted by Gasteiger charge is 2.06. The highest BCUT2D eigenvalue weighted by Crippen LogP contribution is 2.17. The Morgan fingerprint density at radius 1 is 1.57 bits per heavy atom. The Morgan fingerprint density at radius 2 is 2.29 bits per heavy atom. The lowest BCUT2D eigenvalue weighted by Crippen LogP contribution is -2.13. The molecule has 0 fully saturated rings. The van der Waals surface area contributed by atoms with Crippen molar-refractivity contribution in [1.82, 2.24) is 0 Å². The molecule has 0 aliphatic carbocycles. The molecule has 4 heteroatoms. The van der Waals surface area contributed by atoms with E-state index in [4.69, 9.17) is 0 Å². The van der Waals surface area contributed by atoms with Crippen molar-refractivity contribution in [3.63, 3.8) is 0 Å². The van der Waals surface area contributed by atoms with E-state index >= 15 is 0 Å². The molecule has 0 saturated carbocycles. The average molecular weight is 194 g/mol. The smallest absolute Gasteiger partial charge is 0.271 e. The van der Waals surface area contributed by atoms with Gasteiger partial charge in [-0.25, -0.2) is 0 Å². The van der Waals surface area contributed by atoms with Crippen LogP contribution in [0.5, 0.6) is 0 Å². The van der Waals surface area contributed by atoms with Gasteiger partial charge >= 0.3 is 0 Å². The second-order valence-corrected chi connectivity index (χ2v) is 3.26. The maximum atomic E-state index is 10.5. The summed E-state index contributed by atoms with van der Waals surface area (Å²) in [5.41, 5.74) is 0.923. The molecule has 4 nitrogen and oxygen atoms in total. The monoisotopic (exact) mass is 194 g/mol. The molecule has 0 radical (unpaired) electrons. The van der Waals surface area contributed by atoms with Gasteiger partial charge in [-0.05, 0) is 19.4 Å². The minimum absolute atomic E-state index is 0.123. The van der Waals surface area contributed by atoms with Gasteiger partial charge in [0.2, 0.25) is 0 Å². The molecule has 0 aliphatic heterocycles. The molecule has 1 unspecified atom stereocenters. The average Bonchev–Trinajstić information content (AvgIpc) is 2.18. The zero-order chi connectivity index (χ0) is 10.6. The molecule has 0 saturated heterocycles. The summed E-state index contributed by atoms with van der Waals surface area (Å²) in [5.74, 6) is 0. The van der Waals surface area contributed by atoms with E-state index in [0.29, 0.717) is 6.04 Å². The minimum atomic E-state index is -0.387. The van der Waals surface area contributed by atoms with Gasteiger partial charge in [-0.1, -0.05) is 13.0 Å². The van der Waals surface area contributed by atoms with Crippen LogP contribution in [0.4, 0.5) is 11.4 Å².